The number of hydrogen-bond donors (Lipinski definition) is 2. The molecule has 4 heteroatoms. The van der Waals surface area contributed by atoms with Crippen LogP contribution in [0, 0.1) is 24.7 Å². The fourth-order valence-corrected chi connectivity index (χ4v) is 3.60. The van der Waals surface area contributed by atoms with Crippen molar-refractivity contribution >= 4 is 11.9 Å². The third kappa shape index (κ3) is 2.11. The fraction of sp³-hybridized carbons (Fsp3) is 0.375. The third-order valence-electron chi connectivity index (χ3n) is 4.45. The summed E-state index contributed by atoms with van der Waals surface area (Å²) in [5.74, 6) is 0.417. The van der Waals surface area contributed by atoms with Crippen LogP contribution in [0.4, 0.5) is 0 Å². The van der Waals surface area contributed by atoms with Crippen molar-refractivity contribution in [1.82, 2.24) is 0 Å². The first-order chi connectivity index (χ1) is 9.56. The van der Waals surface area contributed by atoms with E-state index in [4.69, 9.17) is 11.5 Å². The Morgan fingerprint density at radius 1 is 1.15 bits per heavy atom. The van der Waals surface area contributed by atoms with Crippen LogP contribution >= 0.6 is 0 Å². The molecule has 2 aliphatic carbocycles. The Hall–Kier alpha value is -2.10. The number of nitrogens with two attached hydrogens (primary N) is 2. The lowest BCUT2D eigenvalue weighted by molar-refractivity contribution is -0.122. The monoisotopic (exact) mass is 269 g/mol. The number of hydrogen-bond acceptors (Lipinski definition) is 1. The SMILES string of the molecule is Cc1ccc(C2C3C=CC(C3)C2C(=O)N=C(N)N)cc1. The number of benzene rings is 1. The van der Waals surface area contributed by atoms with Crippen LogP contribution in [0.2, 0.25) is 0 Å². The Balaban J connectivity index is 1.95. The number of allylic oxidation sites excluding steroid dienone is 2. The molecule has 0 spiro atoms. The van der Waals surface area contributed by atoms with E-state index < -0.39 is 0 Å². The van der Waals surface area contributed by atoms with Crippen LogP contribution in [0.1, 0.15) is 23.5 Å². The van der Waals surface area contributed by atoms with Gasteiger partial charge in [-0.05, 0) is 30.7 Å². The van der Waals surface area contributed by atoms with Crippen molar-refractivity contribution in [3.05, 3.63) is 47.5 Å². The number of rotatable bonds is 2. The summed E-state index contributed by atoms with van der Waals surface area (Å²) < 4.78 is 0. The average molecular weight is 269 g/mol. The molecule has 4 N–H and O–H groups in total. The first-order valence-corrected chi connectivity index (χ1v) is 6.94. The van der Waals surface area contributed by atoms with Crippen molar-refractivity contribution in [2.24, 2.45) is 34.2 Å². The second-order valence-corrected chi connectivity index (χ2v) is 5.79. The maximum absolute atomic E-state index is 12.3. The van der Waals surface area contributed by atoms with Gasteiger partial charge in [0.2, 0.25) is 0 Å². The van der Waals surface area contributed by atoms with Crippen molar-refractivity contribution in [2.75, 3.05) is 0 Å². The van der Waals surface area contributed by atoms with Crippen molar-refractivity contribution in [3.8, 4) is 0 Å². The van der Waals surface area contributed by atoms with Crippen molar-refractivity contribution in [1.29, 1.82) is 0 Å². The Morgan fingerprint density at radius 2 is 1.80 bits per heavy atom. The highest BCUT2D eigenvalue weighted by atomic mass is 16.1. The van der Waals surface area contributed by atoms with E-state index in [9.17, 15) is 4.79 Å². The van der Waals surface area contributed by atoms with Gasteiger partial charge < -0.3 is 11.5 Å². The summed E-state index contributed by atoms with van der Waals surface area (Å²) in [5, 5.41) is 0. The van der Waals surface area contributed by atoms with Gasteiger partial charge >= 0.3 is 0 Å². The molecule has 1 aromatic carbocycles. The zero-order valence-electron chi connectivity index (χ0n) is 11.5. The van der Waals surface area contributed by atoms with E-state index in [-0.39, 0.29) is 29.6 Å². The van der Waals surface area contributed by atoms with Gasteiger partial charge in [-0.3, -0.25) is 4.79 Å². The van der Waals surface area contributed by atoms with Crippen LogP contribution in [-0.4, -0.2) is 11.9 Å². The highest BCUT2D eigenvalue weighted by Gasteiger charge is 2.48. The summed E-state index contributed by atoms with van der Waals surface area (Å²) >= 11 is 0. The third-order valence-corrected chi connectivity index (χ3v) is 4.45. The number of amides is 1. The molecule has 104 valence electrons. The van der Waals surface area contributed by atoms with Crippen LogP contribution < -0.4 is 11.5 Å². The highest BCUT2D eigenvalue weighted by Crippen LogP contribution is 2.53. The zero-order chi connectivity index (χ0) is 14.3. The van der Waals surface area contributed by atoms with Gasteiger partial charge in [-0.2, -0.15) is 4.99 Å². The molecule has 0 aliphatic heterocycles. The molecule has 20 heavy (non-hydrogen) atoms. The minimum atomic E-state index is -0.188. The summed E-state index contributed by atoms with van der Waals surface area (Å²) in [6.07, 6.45) is 5.39. The summed E-state index contributed by atoms with van der Waals surface area (Å²) in [5.41, 5.74) is 13.1. The van der Waals surface area contributed by atoms with E-state index in [0.29, 0.717) is 5.92 Å². The summed E-state index contributed by atoms with van der Waals surface area (Å²) in [7, 11) is 0. The van der Waals surface area contributed by atoms with Gasteiger partial charge in [0.25, 0.3) is 5.91 Å². The van der Waals surface area contributed by atoms with Gasteiger partial charge in [0.05, 0.1) is 5.92 Å². The van der Waals surface area contributed by atoms with Crippen molar-refractivity contribution in [3.63, 3.8) is 0 Å². The van der Waals surface area contributed by atoms with Crippen molar-refractivity contribution in [2.45, 2.75) is 19.3 Å². The predicted molar refractivity (Wildman–Crippen MR) is 79.0 cm³/mol. The first kappa shape index (κ1) is 12.9. The van der Waals surface area contributed by atoms with E-state index in [1.54, 1.807) is 0 Å². The average Bonchev–Trinajstić information content (AvgIpc) is 2.99. The Kier molecular flexibility index (Phi) is 3.08. The minimum Gasteiger partial charge on any atom is -0.370 e. The molecule has 0 saturated heterocycles. The molecule has 4 nitrogen and oxygen atoms in total. The van der Waals surface area contributed by atoms with E-state index in [2.05, 4.69) is 48.3 Å². The maximum atomic E-state index is 12.3. The maximum Gasteiger partial charge on any atom is 0.253 e. The quantitative estimate of drug-likeness (QED) is 0.487. The molecular weight excluding hydrogens is 250 g/mol. The number of guanidine groups is 1. The topological polar surface area (TPSA) is 81.5 Å². The van der Waals surface area contributed by atoms with Gasteiger partial charge in [-0.1, -0.05) is 42.0 Å². The second-order valence-electron chi connectivity index (χ2n) is 5.79. The number of carbonyl (C=O) groups excluding carboxylic acids is 1. The minimum absolute atomic E-state index is 0.130. The van der Waals surface area contributed by atoms with Gasteiger partial charge in [0.15, 0.2) is 5.96 Å². The summed E-state index contributed by atoms with van der Waals surface area (Å²) in [6, 6.07) is 8.41. The van der Waals surface area contributed by atoms with Gasteiger partial charge in [0.1, 0.15) is 0 Å². The van der Waals surface area contributed by atoms with Gasteiger partial charge in [0, 0.05) is 5.92 Å². The van der Waals surface area contributed by atoms with Crippen LogP contribution in [0.15, 0.2) is 41.4 Å². The standard InChI is InChI=1S/C16H19N3O/c1-9-2-4-10(5-3-9)13-11-6-7-12(8-11)14(13)15(20)19-16(17)18/h2-7,11-14H,8H2,1H3,(H4,17,18,19,20). The van der Waals surface area contributed by atoms with E-state index in [0.717, 1.165) is 6.42 Å². The lowest BCUT2D eigenvalue weighted by atomic mass is 9.78. The predicted octanol–water partition coefficient (Wildman–Crippen LogP) is 1.70. The molecule has 0 heterocycles. The molecule has 3 rings (SSSR count). The Bertz CT molecular complexity index is 584. The molecule has 0 aromatic heterocycles. The molecule has 1 fully saturated rings. The molecule has 1 amide bonds. The fourth-order valence-electron chi connectivity index (χ4n) is 3.60. The van der Waals surface area contributed by atoms with Gasteiger partial charge in [-0.15, -0.1) is 0 Å². The molecule has 0 radical (unpaired) electrons. The zero-order valence-corrected chi connectivity index (χ0v) is 11.5. The molecule has 4 atom stereocenters. The van der Waals surface area contributed by atoms with E-state index >= 15 is 0 Å². The molecule has 1 aromatic rings. The van der Waals surface area contributed by atoms with Crippen LogP contribution in [0.3, 0.4) is 0 Å². The first-order valence-electron chi connectivity index (χ1n) is 6.94. The van der Waals surface area contributed by atoms with Crippen molar-refractivity contribution < 1.29 is 4.79 Å². The number of carbonyl (C=O) groups is 1. The molecule has 2 aliphatic rings. The van der Waals surface area contributed by atoms with E-state index in [1.807, 2.05) is 0 Å². The number of aliphatic imine (C=N–C) groups is 1. The number of aryl methyl sites for hydroxylation is 1. The largest absolute Gasteiger partial charge is 0.370 e. The summed E-state index contributed by atoms with van der Waals surface area (Å²) in [6.45, 7) is 2.06. The lowest BCUT2D eigenvalue weighted by Crippen LogP contribution is -2.30. The molecule has 4 unspecified atom stereocenters. The normalized spacial score (nSPS) is 30.4. The van der Waals surface area contributed by atoms with Crippen LogP contribution in [0.5, 0.6) is 0 Å². The van der Waals surface area contributed by atoms with Crippen LogP contribution in [-0.2, 0) is 4.79 Å². The Labute approximate surface area is 118 Å². The smallest absolute Gasteiger partial charge is 0.253 e. The second kappa shape index (κ2) is 4.78. The molecule has 2 bridgehead atoms. The highest BCUT2D eigenvalue weighted by molar-refractivity contribution is 5.93. The lowest BCUT2D eigenvalue weighted by Gasteiger charge is -2.26. The van der Waals surface area contributed by atoms with Crippen LogP contribution in [0.25, 0.3) is 0 Å². The number of fused-ring (bicyclic) bond motifs is 2. The Morgan fingerprint density at radius 3 is 2.45 bits per heavy atom. The van der Waals surface area contributed by atoms with Gasteiger partial charge in [-0.25, -0.2) is 0 Å². The molecular formula is C16H19N3O. The summed E-state index contributed by atoms with van der Waals surface area (Å²) in [4.78, 5) is 16.1. The van der Waals surface area contributed by atoms with E-state index in [1.165, 1.54) is 11.1 Å². The molecule has 1 saturated carbocycles. The number of nitrogens with zero attached hydrogens (tertiary/aromatic N) is 1.